The Kier molecular flexibility index (Phi) is 4.23. The minimum atomic E-state index is 0.405. The lowest BCUT2D eigenvalue weighted by molar-refractivity contribution is 0.513. The molecule has 2 atom stereocenters. The highest BCUT2D eigenvalue weighted by molar-refractivity contribution is 6.33. The Hall–Kier alpha value is -2.66. The maximum Gasteiger partial charge on any atom is 0.225 e. The number of likely N-dealkylation sites (tertiary alicyclic amines) is 1. The van der Waals surface area contributed by atoms with Crippen LogP contribution in [-0.4, -0.2) is 39.9 Å². The number of H-pyrrole nitrogens is 1. The van der Waals surface area contributed by atoms with Crippen LogP contribution in [0.4, 0.5) is 0 Å². The van der Waals surface area contributed by atoms with E-state index in [1.54, 1.807) is 0 Å². The summed E-state index contributed by atoms with van der Waals surface area (Å²) in [5.74, 6) is 2.39. The van der Waals surface area contributed by atoms with Crippen LogP contribution in [0.25, 0.3) is 0 Å². The van der Waals surface area contributed by atoms with Crippen LogP contribution in [0.1, 0.15) is 49.4 Å². The third kappa shape index (κ3) is 3.53. The van der Waals surface area contributed by atoms with E-state index in [0.29, 0.717) is 17.8 Å². The Labute approximate surface area is 193 Å². The molecule has 5 nitrogen and oxygen atoms in total. The summed E-state index contributed by atoms with van der Waals surface area (Å²) in [6.07, 6.45) is 17.7. The highest BCUT2D eigenvalue weighted by Crippen LogP contribution is 2.46. The maximum atomic E-state index is 6.36. The van der Waals surface area contributed by atoms with Crippen LogP contribution in [0, 0.1) is 11.8 Å². The second-order valence-electron chi connectivity index (χ2n) is 9.79. The van der Waals surface area contributed by atoms with Gasteiger partial charge in [-0.05, 0) is 67.0 Å². The van der Waals surface area contributed by atoms with Crippen molar-refractivity contribution < 1.29 is 0 Å². The molecule has 2 aliphatic heterocycles. The van der Waals surface area contributed by atoms with Gasteiger partial charge in [-0.3, -0.25) is 5.10 Å². The van der Waals surface area contributed by atoms with Gasteiger partial charge in [0.1, 0.15) is 0 Å². The predicted octanol–water partition coefficient (Wildman–Crippen LogP) is 5.19. The van der Waals surface area contributed by atoms with E-state index < -0.39 is 0 Å². The van der Waals surface area contributed by atoms with Crippen LogP contribution >= 0.6 is 11.6 Å². The molecular weight excluding hydrogens is 418 g/mol. The van der Waals surface area contributed by atoms with Gasteiger partial charge in [-0.25, -0.2) is 9.98 Å². The second kappa shape index (κ2) is 7.17. The summed E-state index contributed by atoms with van der Waals surface area (Å²) in [6.45, 7) is 2.09. The number of hydrogen-bond acceptors (Lipinski definition) is 4. The van der Waals surface area contributed by atoms with Gasteiger partial charge in [0.2, 0.25) is 5.96 Å². The van der Waals surface area contributed by atoms with Gasteiger partial charge in [0.05, 0.1) is 11.4 Å². The van der Waals surface area contributed by atoms with E-state index in [9.17, 15) is 0 Å². The van der Waals surface area contributed by atoms with Gasteiger partial charge >= 0.3 is 0 Å². The van der Waals surface area contributed by atoms with Crippen LogP contribution in [0.5, 0.6) is 0 Å². The molecule has 0 spiro atoms. The Morgan fingerprint density at radius 1 is 1.12 bits per heavy atom. The first-order valence-corrected chi connectivity index (χ1v) is 12.3. The van der Waals surface area contributed by atoms with Crippen molar-refractivity contribution in [3.63, 3.8) is 0 Å². The van der Waals surface area contributed by atoms with E-state index >= 15 is 0 Å². The predicted molar refractivity (Wildman–Crippen MR) is 128 cm³/mol. The van der Waals surface area contributed by atoms with E-state index in [-0.39, 0.29) is 0 Å². The van der Waals surface area contributed by atoms with E-state index in [1.165, 1.54) is 53.9 Å². The molecule has 1 N–H and O–H groups in total. The van der Waals surface area contributed by atoms with E-state index in [2.05, 4.69) is 51.5 Å². The highest BCUT2D eigenvalue weighted by Gasteiger charge is 2.40. The summed E-state index contributed by atoms with van der Waals surface area (Å²) in [6, 6.07) is 2.25. The zero-order valence-electron chi connectivity index (χ0n) is 18.0. The van der Waals surface area contributed by atoms with Crippen LogP contribution < -0.4 is 0 Å². The summed E-state index contributed by atoms with van der Waals surface area (Å²) in [4.78, 5) is 12.6. The van der Waals surface area contributed by atoms with Gasteiger partial charge in [0, 0.05) is 53.7 Å². The van der Waals surface area contributed by atoms with Gasteiger partial charge in [-0.2, -0.15) is 5.10 Å². The van der Waals surface area contributed by atoms with Crippen molar-refractivity contribution >= 4 is 23.3 Å². The van der Waals surface area contributed by atoms with Crippen molar-refractivity contribution in [3.05, 3.63) is 75.3 Å². The lowest BCUT2D eigenvalue weighted by Crippen LogP contribution is -2.27. The quantitative estimate of drug-likeness (QED) is 0.681. The smallest absolute Gasteiger partial charge is 0.225 e. The topological polar surface area (TPSA) is 56.6 Å². The molecule has 0 radical (unpaired) electrons. The Morgan fingerprint density at radius 2 is 2.00 bits per heavy atom. The monoisotopic (exact) mass is 443 g/mol. The van der Waals surface area contributed by atoms with Crippen LogP contribution in [-0.2, 0) is 6.42 Å². The molecule has 1 aromatic rings. The number of aliphatic imine (C=N–C) groups is 2. The molecule has 6 heteroatoms. The lowest BCUT2D eigenvalue weighted by atomic mass is 10.1. The summed E-state index contributed by atoms with van der Waals surface area (Å²) >= 11 is 6.36. The first-order valence-electron chi connectivity index (χ1n) is 11.9. The van der Waals surface area contributed by atoms with Crippen molar-refractivity contribution in [2.24, 2.45) is 21.8 Å². The first-order chi connectivity index (χ1) is 15.7. The van der Waals surface area contributed by atoms with E-state index in [0.717, 1.165) is 48.2 Å². The van der Waals surface area contributed by atoms with Crippen molar-refractivity contribution in [1.82, 2.24) is 15.1 Å². The molecule has 2 saturated carbocycles. The average molecular weight is 444 g/mol. The third-order valence-electron chi connectivity index (χ3n) is 7.27. The standard InChI is InChI=1S/C26H26ClN5/c27-22-10-15(9-17-11-19(17)22)3-6-23-20-14-21(20)25(29-26(28-23)32-7-1-2-8-32)13-18-12-24(31-30-18)16-4-5-16/h3,6,9-12,16-17,21H,1-2,4-5,7-8,13-14H2,(H,30,31)/b6-3+. The number of guanidine groups is 1. The number of nitrogens with zero attached hydrogens (tertiary/aromatic N) is 4. The van der Waals surface area contributed by atoms with Gasteiger partial charge < -0.3 is 4.90 Å². The molecule has 0 bridgehead atoms. The number of fused-ring (bicyclic) bond motifs is 2. The molecule has 2 unspecified atom stereocenters. The highest BCUT2D eigenvalue weighted by atomic mass is 35.5. The molecule has 162 valence electrons. The molecular formula is C26H26ClN5. The molecule has 1 saturated heterocycles. The number of halogens is 1. The summed E-state index contributed by atoms with van der Waals surface area (Å²) in [5.41, 5.74) is 8.54. The number of nitrogens with one attached hydrogen (secondary N) is 1. The van der Waals surface area contributed by atoms with Crippen LogP contribution in [0.2, 0.25) is 0 Å². The number of aromatic nitrogens is 2. The molecule has 0 aromatic carbocycles. The number of aromatic amines is 1. The number of allylic oxidation sites excluding steroid dienone is 9. The molecule has 6 aliphatic rings. The fourth-order valence-corrected chi connectivity index (χ4v) is 5.39. The number of rotatable bonds is 5. The fourth-order valence-electron chi connectivity index (χ4n) is 5.08. The summed E-state index contributed by atoms with van der Waals surface area (Å²) in [7, 11) is 0. The van der Waals surface area contributed by atoms with Crippen molar-refractivity contribution in [2.45, 2.75) is 44.4 Å². The SMILES string of the molecule is ClC1=CC(/C=C/C2=C3CC3C(Cc3cc(C4CC4)n[nH]3)=NC(N3CCCC3)=N2)=CC2C=C12. The van der Waals surface area contributed by atoms with Gasteiger partial charge in [0.15, 0.2) is 0 Å². The molecule has 0 amide bonds. The largest absolute Gasteiger partial charge is 0.341 e. The first kappa shape index (κ1) is 18.9. The third-order valence-corrected chi connectivity index (χ3v) is 7.60. The van der Waals surface area contributed by atoms with Crippen LogP contribution in [0.15, 0.2) is 73.9 Å². The Bertz CT molecular complexity index is 1210. The lowest BCUT2D eigenvalue weighted by Gasteiger charge is -2.17. The summed E-state index contributed by atoms with van der Waals surface area (Å²) in [5, 5.41) is 8.68. The van der Waals surface area contributed by atoms with Gasteiger partial charge in [0.25, 0.3) is 0 Å². The van der Waals surface area contributed by atoms with Gasteiger partial charge in [-0.1, -0.05) is 29.8 Å². The molecule has 32 heavy (non-hydrogen) atoms. The zero-order valence-corrected chi connectivity index (χ0v) is 18.8. The van der Waals surface area contributed by atoms with E-state index in [1.807, 2.05) is 0 Å². The second-order valence-corrected chi connectivity index (χ2v) is 10.2. The normalized spacial score (nSPS) is 28.5. The molecule has 3 heterocycles. The van der Waals surface area contributed by atoms with E-state index in [4.69, 9.17) is 21.6 Å². The molecule has 4 aliphatic carbocycles. The average Bonchev–Trinajstić information content (AvgIpc) is 3.72. The maximum absolute atomic E-state index is 6.36. The Morgan fingerprint density at radius 3 is 2.81 bits per heavy atom. The Balaban J connectivity index is 1.17. The molecule has 7 rings (SSSR count). The van der Waals surface area contributed by atoms with Gasteiger partial charge in [-0.15, -0.1) is 0 Å². The minimum absolute atomic E-state index is 0.405. The molecule has 3 fully saturated rings. The minimum Gasteiger partial charge on any atom is -0.341 e. The van der Waals surface area contributed by atoms with Crippen molar-refractivity contribution in [2.75, 3.05) is 13.1 Å². The number of hydrogen-bond donors (Lipinski definition) is 1. The summed E-state index contributed by atoms with van der Waals surface area (Å²) < 4.78 is 0. The zero-order chi connectivity index (χ0) is 21.2. The molecule has 1 aromatic heterocycles. The van der Waals surface area contributed by atoms with Crippen LogP contribution in [0.3, 0.4) is 0 Å². The fraction of sp³-hybridized carbons (Fsp3) is 0.423. The van der Waals surface area contributed by atoms with Crippen molar-refractivity contribution in [3.8, 4) is 0 Å². The van der Waals surface area contributed by atoms with Crippen molar-refractivity contribution in [1.29, 1.82) is 0 Å².